The predicted octanol–water partition coefficient (Wildman–Crippen LogP) is 5.49. The van der Waals surface area contributed by atoms with Crippen LogP contribution in [0.5, 0.6) is 11.5 Å². The number of allylic oxidation sites excluding steroid dienone is 1. The van der Waals surface area contributed by atoms with Crippen molar-refractivity contribution < 1.29 is 9.84 Å². The van der Waals surface area contributed by atoms with E-state index in [9.17, 15) is 5.11 Å². The Kier molecular flexibility index (Phi) is 5.97. The number of hydrogen-bond acceptors (Lipinski definition) is 3. The van der Waals surface area contributed by atoms with E-state index in [1.54, 1.807) is 12.1 Å². The Morgan fingerprint density at radius 1 is 0.828 bits per heavy atom. The number of ether oxygens (including phenoxy) is 1. The van der Waals surface area contributed by atoms with Gasteiger partial charge in [0.15, 0.2) is 0 Å². The molecule has 1 aliphatic carbocycles. The van der Waals surface area contributed by atoms with Crippen molar-refractivity contribution in [3.05, 3.63) is 95.6 Å². The molecule has 0 amide bonds. The van der Waals surface area contributed by atoms with Crippen molar-refractivity contribution in [3.8, 4) is 11.5 Å². The van der Waals surface area contributed by atoms with Crippen molar-refractivity contribution in [1.29, 1.82) is 0 Å². The van der Waals surface area contributed by atoms with Crippen LogP contribution in [0.4, 0.5) is 0 Å². The van der Waals surface area contributed by atoms with Gasteiger partial charge in [-0.2, -0.15) is 0 Å². The van der Waals surface area contributed by atoms with Crippen LogP contribution < -0.4 is 10.5 Å². The largest absolute Gasteiger partial charge is 0.508 e. The van der Waals surface area contributed by atoms with Crippen molar-refractivity contribution in [2.75, 3.05) is 13.2 Å². The van der Waals surface area contributed by atoms with Gasteiger partial charge >= 0.3 is 0 Å². The SMILES string of the molecule is NCCOc1ccc(/C(=C(\c2ccccc2)C2CCC2)c2ccc(O)cc2)cc1. The van der Waals surface area contributed by atoms with Crippen molar-refractivity contribution in [2.24, 2.45) is 11.7 Å². The quantitative estimate of drug-likeness (QED) is 0.529. The highest BCUT2D eigenvalue weighted by atomic mass is 16.5. The van der Waals surface area contributed by atoms with Gasteiger partial charge in [0.25, 0.3) is 0 Å². The molecule has 0 bridgehead atoms. The van der Waals surface area contributed by atoms with Crippen LogP contribution in [0.1, 0.15) is 36.0 Å². The summed E-state index contributed by atoms with van der Waals surface area (Å²) in [5, 5.41) is 9.81. The van der Waals surface area contributed by atoms with E-state index in [-0.39, 0.29) is 5.75 Å². The van der Waals surface area contributed by atoms with E-state index in [1.807, 2.05) is 24.3 Å². The molecule has 3 aromatic rings. The van der Waals surface area contributed by atoms with E-state index in [4.69, 9.17) is 10.5 Å². The minimum atomic E-state index is 0.281. The number of aromatic hydroxyl groups is 1. The zero-order valence-electron chi connectivity index (χ0n) is 16.6. The van der Waals surface area contributed by atoms with Crippen LogP contribution in [0.3, 0.4) is 0 Å². The van der Waals surface area contributed by atoms with Crippen molar-refractivity contribution in [3.63, 3.8) is 0 Å². The molecular formula is C26H27NO2. The van der Waals surface area contributed by atoms with Gasteiger partial charge in [-0.25, -0.2) is 0 Å². The summed E-state index contributed by atoms with van der Waals surface area (Å²) >= 11 is 0. The number of nitrogens with two attached hydrogens (primary N) is 1. The Hall–Kier alpha value is -3.04. The summed E-state index contributed by atoms with van der Waals surface area (Å²) in [5.41, 5.74) is 11.7. The zero-order chi connectivity index (χ0) is 20.1. The normalized spacial score (nSPS) is 14.8. The number of rotatable bonds is 7. The van der Waals surface area contributed by atoms with Crippen LogP contribution in [0, 0.1) is 5.92 Å². The fourth-order valence-corrected chi connectivity index (χ4v) is 3.90. The van der Waals surface area contributed by atoms with E-state index in [1.165, 1.54) is 36.0 Å². The lowest BCUT2D eigenvalue weighted by Gasteiger charge is -2.31. The van der Waals surface area contributed by atoms with Gasteiger partial charge in [-0.05, 0) is 70.9 Å². The van der Waals surface area contributed by atoms with Crippen molar-refractivity contribution in [2.45, 2.75) is 19.3 Å². The molecule has 4 rings (SSSR count). The number of phenols is 1. The highest BCUT2D eigenvalue weighted by Gasteiger charge is 2.27. The van der Waals surface area contributed by atoms with Crippen LogP contribution in [0.25, 0.3) is 11.1 Å². The molecule has 0 aromatic heterocycles. The van der Waals surface area contributed by atoms with Crippen LogP contribution in [0.15, 0.2) is 78.9 Å². The molecule has 0 unspecified atom stereocenters. The van der Waals surface area contributed by atoms with Crippen LogP contribution >= 0.6 is 0 Å². The molecule has 1 aliphatic rings. The summed E-state index contributed by atoms with van der Waals surface area (Å²) in [7, 11) is 0. The maximum atomic E-state index is 9.81. The molecule has 0 radical (unpaired) electrons. The van der Waals surface area contributed by atoms with Gasteiger partial charge < -0.3 is 15.6 Å². The number of hydrogen-bond donors (Lipinski definition) is 2. The highest BCUT2D eigenvalue weighted by Crippen LogP contribution is 2.45. The van der Waals surface area contributed by atoms with E-state index in [0.29, 0.717) is 19.1 Å². The molecule has 3 nitrogen and oxygen atoms in total. The van der Waals surface area contributed by atoms with Crippen LogP contribution in [-0.2, 0) is 0 Å². The van der Waals surface area contributed by atoms with Gasteiger partial charge in [-0.15, -0.1) is 0 Å². The minimum Gasteiger partial charge on any atom is -0.508 e. The van der Waals surface area contributed by atoms with E-state index in [2.05, 4.69) is 42.5 Å². The molecule has 0 spiro atoms. The summed E-state index contributed by atoms with van der Waals surface area (Å²) in [6, 6.07) is 26.5. The topological polar surface area (TPSA) is 55.5 Å². The second-order valence-electron chi connectivity index (χ2n) is 7.49. The third-order valence-electron chi connectivity index (χ3n) is 5.55. The molecule has 0 aliphatic heterocycles. The Balaban J connectivity index is 1.87. The molecular weight excluding hydrogens is 358 g/mol. The molecule has 1 fully saturated rings. The van der Waals surface area contributed by atoms with Gasteiger partial charge in [0, 0.05) is 6.54 Å². The molecule has 1 saturated carbocycles. The van der Waals surface area contributed by atoms with Gasteiger partial charge in [-0.3, -0.25) is 0 Å². The van der Waals surface area contributed by atoms with Crippen LogP contribution in [-0.4, -0.2) is 18.3 Å². The van der Waals surface area contributed by atoms with E-state index >= 15 is 0 Å². The third kappa shape index (κ3) is 4.36. The van der Waals surface area contributed by atoms with Gasteiger partial charge in [0.1, 0.15) is 18.1 Å². The molecule has 3 N–H and O–H groups in total. The maximum Gasteiger partial charge on any atom is 0.119 e. The summed E-state index contributed by atoms with van der Waals surface area (Å²) in [5.74, 6) is 1.66. The Morgan fingerprint density at radius 2 is 1.45 bits per heavy atom. The van der Waals surface area contributed by atoms with Crippen molar-refractivity contribution in [1.82, 2.24) is 0 Å². The summed E-state index contributed by atoms with van der Waals surface area (Å²) in [6.07, 6.45) is 3.70. The summed E-state index contributed by atoms with van der Waals surface area (Å²) in [6.45, 7) is 1.01. The first kappa shape index (κ1) is 19.3. The van der Waals surface area contributed by atoms with E-state index < -0.39 is 0 Å². The fraction of sp³-hybridized carbons (Fsp3) is 0.231. The highest BCUT2D eigenvalue weighted by molar-refractivity contribution is 5.99. The lowest BCUT2D eigenvalue weighted by Crippen LogP contribution is -2.15. The molecule has 0 heterocycles. The zero-order valence-corrected chi connectivity index (χ0v) is 16.6. The monoisotopic (exact) mass is 385 g/mol. The second kappa shape index (κ2) is 8.97. The average Bonchev–Trinajstić information content (AvgIpc) is 2.73. The first-order valence-electron chi connectivity index (χ1n) is 10.3. The lowest BCUT2D eigenvalue weighted by molar-refractivity contribution is 0.328. The molecule has 0 saturated heterocycles. The third-order valence-corrected chi connectivity index (χ3v) is 5.55. The average molecular weight is 386 g/mol. The molecule has 29 heavy (non-hydrogen) atoms. The lowest BCUT2D eigenvalue weighted by atomic mass is 9.73. The Morgan fingerprint density at radius 3 is 2.00 bits per heavy atom. The molecule has 148 valence electrons. The number of benzene rings is 3. The van der Waals surface area contributed by atoms with Gasteiger partial charge in [0.05, 0.1) is 0 Å². The molecule has 0 atom stereocenters. The maximum absolute atomic E-state index is 9.81. The van der Waals surface area contributed by atoms with Gasteiger partial charge in [-0.1, -0.05) is 61.0 Å². The van der Waals surface area contributed by atoms with Crippen LogP contribution in [0.2, 0.25) is 0 Å². The molecule has 3 heteroatoms. The van der Waals surface area contributed by atoms with Gasteiger partial charge in [0.2, 0.25) is 0 Å². The Labute approximate surface area is 172 Å². The molecule has 3 aromatic carbocycles. The van der Waals surface area contributed by atoms with E-state index in [0.717, 1.165) is 16.9 Å². The fourth-order valence-electron chi connectivity index (χ4n) is 3.90. The standard InChI is InChI=1S/C26H27NO2/c27-17-18-29-24-15-11-22(12-16-24)26(21-9-13-23(28)14-10-21)25(20-7-4-8-20)19-5-2-1-3-6-19/h1-3,5-6,9-16,20,28H,4,7-8,17-18,27H2/b26-25+. The van der Waals surface area contributed by atoms with Crippen molar-refractivity contribution >= 4 is 11.1 Å². The second-order valence-corrected chi connectivity index (χ2v) is 7.49. The predicted molar refractivity (Wildman–Crippen MR) is 119 cm³/mol. The Bertz CT molecular complexity index is 956. The summed E-state index contributed by atoms with van der Waals surface area (Å²) in [4.78, 5) is 0. The first-order chi connectivity index (χ1) is 14.3. The minimum absolute atomic E-state index is 0.281. The first-order valence-corrected chi connectivity index (χ1v) is 10.3. The number of phenolic OH excluding ortho intramolecular Hbond substituents is 1. The smallest absolute Gasteiger partial charge is 0.119 e. The summed E-state index contributed by atoms with van der Waals surface area (Å²) < 4.78 is 5.66.